The molecular formula is C20H23FN4O3. The lowest BCUT2D eigenvalue weighted by molar-refractivity contribution is -0.141. The van der Waals surface area contributed by atoms with Crippen molar-refractivity contribution < 1.29 is 19.1 Å². The number of benzene rings is 1. The molecule has 1 aromatic carbocycles. The van der Waals surface area contributed by atoms with E-state index >= 15 is 0 Å². The summed E-state index contributed by atoms with van der Waals surface area (Å²) in [4.78, 5) is 27.1. The molecule has 148 valence electrons. The predicted octanol–water partition coefficient (Wildman–Crippen LogP) is 2.31. The Morgan fingerprint density at radius 1 is 1.25 bits per heavy atom. The smallest absolute Gasteiger partial charge is 0.259 e. The summed E-state index contributed by atoms with van der Waals surface area (Å²) in [7, 11) is 0. The molecule has 2 amide bonds. The van der Waals surface area contributed by atoms with Gasteiger partial charge < -0.3 is 15.3 Å². The van der Waals surface area contributed by atoms with Crippen LogP contribution in [0.1, 0.15) is 48.2 Å². The van der Waals surface area contributed by atoms with Gasteiger partial charge >= 0.3 is 0 Å². The van der Waals surface area contributed by atoms with E-state index in [1.807, 2.05) is 0 Å². The third-order valence-electron chi connectivity index (χ3n) is 5.53. The molecule has 2 heterocycles. The van der Waals surface area contributed by atoms with Crippen LogP contribution < -0.4 is 5.32 Å². The van der Waals surface area contributed by atoms with Gasteiger partial charge in [0, 0.05) is 18.8 Å². The number of carbonyl (C=O) groups is 2. The highest BCUT2D eigenvalue weighted by molar-refractivity contribution is 6.05. The van der Waals surface area contributed by atoms with E-state index in [2.05, 4.69) is 10.4 Å². The van der Waals surface area contributed by atoms with Gasteiger partial charge in [-0.15, -0.1) is 0 Å². The number of hydrogen-bond donors (Lipinski definition) is 2. The molecule has 1 aliphatic carbocycles. The van der Waals surface area contributed by atoms with Gasteiger partial charge in [0.1, 0.15) is 5.82 Å². The Bertz CT molecular complexity index is 907. The van der Waals surface area contributed by atoms with Crippen LogP contribution in [0, 0.1) is 5.82 Å². The number of rotatable bonds is 4. The molecule has 8 heteroatoms. The van der Waals surface area contributed by atoms with Gasteiger partial charge in [-0.05, 0) is 43.9 Å². The van der Waals surface area contributed by atoms with E-state index in [4.69, 9.17) is 0 Å². The van der Waals surface area contributed by atoms with Gasteiger partial charge in [0.15, 0.2) is 0 Å². The third kappa shape index (κ3) is 3.77. The zero-order valence-electron chi connectivity index (χ0n) is 15.5. The highest BCUT2D eigenvalue weighted by atomic mass is 19.1. The molecule has 7 nitrogen and oxygen atoms in total. The minimum atomic E-state index is -0.874. The number of aromatic nitrogens is 2. The zero-order chi connectivity index (χ0) is 19.7. The Hall–Kier alpha value is -2.74. The maximum Gasteiger partial charge on any atom is 0.259 e. The number of nitrogens with zero attached hydrogens (tertiary/aromatic N) is 3. The van der Waals surface area contributed by atoms with Crippen LogP contribution in [0.5, 0.6) is 0 Å². The second kappa shape index (κ2) is 7.35. The maximum absolute atomic E-state index is 13.4. The molecule has 0 unspecified atom stereocenters. The van der Waals surface area contributed by atoms with E-state index < -0.39 is 17.3 Å². The van der Waals surface area contributed by atoms with Crippen molar-refractivity contribution in [3.8, 4) is 0 Å². The normalized spacial score (nSPS) is 18.0. The standard InChI is InChI=1S/C20H23FN4O3/c21-14-4-1-5-15(10-14)23-19(27)16-12-22-25-9-3-8-24(13-17(16)25)18(26)11-20(28)6-2-7-20/h1,4-5,10,12,28H,2-3,6-9,11,13H2,(H,23,27). The maximum atomic E-state index is 13.4. The van der Waals surface area contributed by atoms with Gasteiger partial charge in [0.05, 0.1) is 36.0 Å². The molecule has 0 radical (unpaired) electrons. The van der Waals surface area contributed by atoms with Crippen molar-refractivity contribution in [3.63, 3.8) is 0 Å². The second-order valence-corrected chi connectivity index (χ2v) is 7.62. The first kappa shape index (κ1) is 18.6. The number of halogens is 1. The molecule has 4 rings (SSSR count). The van der Waals surface area contributed by atoms with Crippen LogP contribution >= 0.6 is 0 Å². The van der Waals surface area contributed by atoms with Crippen LogP contribution in [0.4, 0.5) is 10.1 Å². The van der Waals surface area contributed by atoms with Crippen molar-refractivity contribution in [2.45, 2.75) is 50.8 Å². The summed E-state index contributed by atoms with van der Waals surface area (Å²) in [6.45, 7) is 1.43. The summed E-state index contributed by atoms with van der Waals surface area (Å²) in [5.74, 6) is -0.926. The fraction of sp³-hybridized carbons (Fsp3) is 0.450. The van der Waals surface area contributed by atoms with E-state index in [0.29, 0.717) is 42.9 Å². The van der Waals surface area contributed by atoms with E-state index in [0.717, 1.165) is 12.8 Å². The first-order chi connectivity index (χ1) is 13.4. The van der Waals surface area contributed by atoms with E-state index in [-0.39, 0.29) is 18.9 Å². The number of anilines is 1. The van der Waals surface area contributed by atoms with Crippen LogP contribution in [0.25, 0.3) is 0 Å². The van der Waals surface area contributed by atoms with Crippen molar-refractivity contribution in [2.24, 2.45) is 0 Å². The van der Waals surface area contributed by atoms with Gasteiger partial charge in [0.2, 0.25) is 5.91 Å². The van der Waals surface area contributed by atoms with Crippen molar-refractivity contribution >= 4 is 17.5 Å². The summed E-state index contributed by atoms with van der Waals surface area (Å²) in [6.07, 6.45) is 4.59. The lowest BCUT2D eigenvalue weighted by Crippen LogP contribution is -2.43. The molecule has 0 spiro atoms. The number of fused-ring (bicyclic) bond motifs is 1. The average molecular weight is 386 g/mol. The Morgan fingerprint density at radius 3 is 2.79 bits per heavy atom. The Morgan fingerprint density at radius 2 is 2.07 bits per heavy atom. The topological polar surface area (TPSA) is 87.5 Å². The number of carbonyl (C=O) groups excluding carboxylic acids is 2. The van der Waals surface area contributed by atoms with Crippen LogP contribution in [0.3, 0.4) is 0 Å². The van der Waals surface area contributed by atoms with Crippen LogP contribution in [0.15, 0.2) is 30.5 Å². The molecule has 1 aliphatic heterocycles. The predicted molar refractivity (Wildman–Crippen MR) is 100 cm³/mol. The molecule has 1 aromatic heterocycles. The van der Waals surface area contributed by atoms with Gasteiger partial charge in [-0.1, -0.05) is 6.07 Å². The molecular weight excluding hydrogens is 363 g/mol. The molecule has 0 atom stereocenters. The Balaban J connectivity index is 1.51. The molecule has 0 saturated heterocycles. The van der Waals surface area contributed by atoms with Crippen LogP contribution in [-0.2, 0) is 17.9 Å². The molecule has 1 fully saturated rings. The zero-order valence-corrected chi connectivity index (χ0v) is 15.5. The lowest BCUT2D eigenvalue weighted by Gasteiger charge is -2.37. The van der Waals surface area contributed by atoms with Crippen molar-refractivity contribution in [1.29, 1.82) is 0 Å². The molecule has 2 aromatic rings. The molecule has 2 N–H and O–H groups in total. The minimum absolute atomic E-state index is 0.103. The number of nitrogens with one attached hydrogen (secondary N) is 1. The fourth-order valence-corrected chi connectivity index (χ4v) is 3.76. The third-order valence-corrected chi connectivity index (χ3v) is 5.53. The van der Waals surface area contributed by atoms with E-state index in [1.165, 1.54) is 24.4 Å². The van der Waals surface area contributed by atoms with Gasteiger partial charge in [-0.25, -0.2) is 4.39 Å². The Kier molecular flexibility index (Phi) is 4.89. The SMILES string of the molecule is O=C(Nc1cccc(F)c1)c1cnn2c1CN(C(=O)CC1(O)CCC1)CCC2. The highest BCUT2D eigenvalue weighted by Crippen LogP contribution is 2.35. The summed E-state index contributed by atoms with van der Waals surface area (Å²) < 4.78 is 15.1. The number of aryl methyl sites for hydroxylation is 1. The first-order valence-corrected chi connectivity index (χ1v) is 9.55. The van der Waals surface area contributed by atoms with Crippen molar-refractivity contribution in [2.75, 3.05) is 11.9 Å². The monoisotopic (exact) mass is 386 g/mol. The van der Waals surface area contributed by atoms with Crippen molar-refractivity contribution in [3.05, 3.63) is 47.5 Å². The summed E-state index contributed by atoms with van der Waals surface area (Å²) >= 11 is 0. The average Bonchev–Trinajstić information content (AvgIpc) is 2.90. The fourth-order valence-electron chi connectivity index (χ4n) is 3.76. The van der Waals surface area contributed by atoms with E-state index in [1.54, 1.807) is 15.6 Å². The number of amides is 2. The molecule has 0 bridgehead atoms. The van der Waals surface area contributed by atoms with Gasteiger partial charge in [-0.2, -0.15) is 5.10 Å². The summed E-state index contributed by atoms with van der Waals surface area (Å²) in [6, 6.07) is 5.68. The Labute approximate surface area is 162 Å². The van der Waals surface area contributed by atoms with Gasteiger partial charge in [0.25, 0.3) is 5.91 Å². The molecule has 28 heavy (non-hydrogen) atoms. The summed E-state index contributed by atoms with van der Waals surface area (Å²) in [5, 5.41) is 17.3. The largest absolute Gasteiger partial charge is 0.389 e. The molecule has 1 saturated carbocycles. The van der Waals surface area contributed by atoms with Crippen molar-refractivity contribution in [1.82, 2.24) is 14.7 Å². The number of aliphatic hydroxyl groups is 1. The van der Waals surface area contributed by atoms with E-state index in [9.17, 15) is 19.1 Å². The minimum Gasteiger partial charge on any atom is -0.389 e. The van der Waals surface area contributed by atoms with Gasteiger partial charge in [-0.3, -0.25) is 14.3 Å². The lowest BCUT2D eigenvalue weighted by atomic mass is 9.77. The highest BCUT2D eigenvalue weighted by Gasteiger charge is 2.38. The first-order valence-electron chi connectivity index (χ1n) is 9.55. The van der Waals surface area contributed by atoms with Crippen LogP contribution in [-0.4, -0.2) is 43.7 Å². The van der Waals surface area contributed by atoms with Crippen LogP contribution in [0.2, 0.25) is 0 Å². The molecule has 2 aliphatic rings. The summed E-state index contributed by atoms with van der Waals surface area (Å²) in [5.41, 5.74) is 0.506. The second-order valence-electron chi connectivity index (χ2n) is 7.62. The number of hydrogen-bond acceptors (Lipinski definition) is 4. The quantitative estimate of drug-likeness (QED) is 0.844.